The normalized spacial score (nSPS) is 56.7. The van der Waals surface area contributed by atoms with E-state index in [2.05, 4.69) is 23.6 Å². The molecule has 32 heavy (non-hydrogen) atoms. The van der Waals surface area contributed by atoms with Crippen LogP contribution in [0.25, 0.3) is 0 Å². The van der Waals surface area contributed by atoms with Crippen LogP contribution in [0.15, 0.2) is 0 Å². The Kier molecular flexibility index (Phi) is 5.32. The lowest BCUT2D eigenvalue weighted by Crippen LogP contribution is -2.70. The van der Waals surface area contributed by atoms with Gasteiger partial charge in [-0.3, -0.25) is 9.80 Å². The number of hydrogen-bond donors (Lipinski definition) is 3. The summed E-state index contributed by atoms with van der Waals surface area (Å²) in [5, 5.41) is 22.7. The summed E-state index contributed by atoms with van der Waals surface area (Å²) in [4.78, 5) is 5.19. The van der Waals surface area contributed by atoms with E-state index in [4.69, 9.17) is 5.73 Å². The molecule has 5 nitrogen and oxygen atoms in total. The fourth-order valence-electron chi connectivity index (χ4n) is 10.2. The van der Waals surface area contributed by atoms with Crippen LogP contribution < -0.4 is 5.73 Å². The summed E-state index contributed by atoms with van der Waals surface area (Å²) in [6, 6.07) is 0.659. The van der Waals surface area contributed by atoms with Crippen molar-refractivity contribution in [3.63, 3.8) is 0 Å². The fourth-order valence-corrected chi connectivity index (χ4v) is 10.2. The van der Waals surface area contributed by atoms with Gasteiger partial charge in [-0.15, -0.1) is 0 Å². The highest BCUT2D eigenvalue weighted by molar-refractivity contribution is 5.19. The molecule has 2 aliphatic heterocycles. The highest BCUT2D eigenvalue weighted by atomic mass is 16.3. The molecule has 0 aromatic carbocycles. The Balaban J connectivity index is 1.29. The lowest BCUT2D eigenvalue weighted by atomic mass is 9.42. The molecular weight excluding hydrogens is 398 g/mol. The molecule has 6 fully saturated rings. The lowest BCUT2D eigenvalue weighted by Gasteiger charge is -2.66. The number of aliphatic hydroxyl groups is 2. The maximum absolute atomic E-state index is 11.6. The van der Waals surface area contributed by atoms with Gasteiger partial charge in [0.25, 0.3) is 0 Å². The highest BCUT2D eigenvalue weighted by Gasteiger charge is 2.66. The van der Waals surface area contributed by atoms with Gasteiger partial charge in [-0.2, -0.15) is 0 Å². The van der Waals surface area contributed by atoms with Crippen LogP contribution in [-0.4, -0.2) is 76.0 Å². The van der Waals surface area contributed by atoms with Crippen LogP contribution in [0.3, 0.4) is 0 Å². The third kappa shape index (κ3) is 3.00. The minimum absolute atomic E-state index is 0.0713. The Morgan fingerprint density at radius 2 is 1.41 bits per heavy atom. The van der Waals surface area contributed by atoms with E-state index in [0.29, 0.717) is 23.8 Å². The Morgan fingerprint density at radius 3 is 2.06 bits per heavy atom. The first-order chi connectivity index (χ1) is 15.3. The Bertz CT molecular complexity index is 722. The van der Waals surface area contributed by atoms with Crippen LogP contribution >= 0.6 is 0 Å². The summed E-state index contributed by atoms with van der Waals surface area (Å²) in [5.74, 6) is 1.95. The molecule has 4 N–H and O–H groups in total. The van der Waals surface area contributed by atoms with Crippen molar-refractivity contribution in [2.24, 2.45) is 34.3 Å². The molecule has 2 saturated heterocycles. The van der Waals surface area contributed by atoms with Crippen molar-refractivity contribution < 1.29 is 10.2 Å². The monoisotopic (exact) mass is 445 g/mol. The molecule has 4 saturated carbocycles. The molecule has 2 heterocycles. The number of hydrogen-bond acceptors (Lipinski definition) is 5. The molecule has 5 heteroatoms. The van der Waals surface area contributed by atoms with E-state index in [1.807, 2.05) is 0 Å². The molecule has 0 aromatic rings. The van der Waals surface area contributed by atoms with E-state index in [0.717, 1.165) is 38.8 Å². The van der Waals surface area contributed by atoms with Gasteiger partial charge in [-0.25, -0.2) is 0 Å². The van der Waals surface area contributed by atoms with Gasteiger partial charge < -0.3 is 15.9 Å². The Labute approximate surface area is 195 Å². The number of rotatable bonds is 2. The summed E-state index contributed by atoms with van der Waals surface area (Å²) >= 11 is 0. The molecule has 6 rings (SSSR count). The summed E-state index contributed by atoms with van der Waals surface area (Å²) in [5.41, 5.74) is 7.18. The van der Waals surface area contributed by atoms with Gasteiger partial charge in [0.2, 0.25) is 0 Å². The average Bonchev–Trinajstić information content (AvgIpc) is 3.51. The van der Waals surface area contributed by atoms with Gasteiger partial charge in [0.05, 0.1) is 12.2 Å². The first-order valence-corrected chi connectivity index (χ1v) is 13.9. The molecule has 3 unspecified atom stereocenters. The molecule has 4 aliphatic carbocycles. The lowest BCUT2D eigenvalue weighted by molar-refractivity contribution is -0.162. The van der Waals surface area contributed by atoms with Crippen LogP contribution in [0.1, 0.15) is 84.5 Å². The molecule has 182 valence electrons. The van der Waals surface area contributed by atoms with E-state index < -0.39 is 0 Å². The van der Waals surface area contributed by atoms with E-state index in [9.17, 15) is 10.2 Å². The van der Waals surface area contributed by atoms with E-state index in [-0.39, 0.29) is 34.6 Å². The maximum atomic E-state index is 11.6. The zero-order valence-corrected chi connectivity index (χ0v) is 20.5. The van der Waals surface area contributed by atoms with Crippen LogP contribution in [0.4, 0.5) is 0 Å². The minimum atomic E-state index is -0.274. The SMILES string of the molecule is C[C@]12CCC3C(CC[C@@]4(N)C[C@H](O)[C@@H](N5CCCC5)C[C@]34C)C1C[C@H](N1CCCC1)[C@@H]2O. The van der Waals surface area contributed by atoms with Gasteiger partial charge in [0.1, 0.15) is 0 Å². The van der Waals surface area contributed by atoms with Crippen molar-refractivity contribution in [1.29, 1.82) is 0 Å². The van der Waals surface area contributed by atoms with E-state index in [1.165, 1.54) is 58.0 Å². The molecular formula is C27H47N3O2. The van der Waals surface area contributed by atoms with Crippen molar-refractivity contribution in [3.05, 3.63) is 0 Å². The molecule has 10 atom stereocenters. The predicted molar refractivity (Wildman–Crippen MR) is 127 cm³/mol. The molecule has 6 aliphatic rings. The first-order valence-electron chi connectivity index (χ1n) is 13.9. The molecule has 0 radical (unpaired) electrons. The number of likely N-dealkylation sites (tertiary alicyclic amines) is 2. The van der Waals surface area contributed by atoms with Gasteiger partial charge in [-0.1, -0.05) is 13.8 Å². The zero-order chi connectivity index (χ0) is 22.3. The van der Waals surface area contributed by atoms with Crippen LogP contribution in [0, 0.1) is 28.6 Å². The largest absolute Gasteiger partial charge is 0.391 e. The topological polar surface area (TPSA) is 73.0 Å². The molecule has 0 amide bonds. The van der Waals surface area contributed by atoms with Crippen molar-refractivity contribution in [1.82, 2.24) is 9.80 Å². The first kappa shape index (κ1) is 22.3. The average molecular weight is 446 g/mol. The second kappa shape index (κ2) is 7.65. The van der Waals surface area contributed by atoms with Gasteiger partial charge in [0, 0.05) is 17.6 Å². The third-order valence-corrected chi connectivity index (χ3v) is 12.2. The third-order valence-electron chi connectivity index (χ3n) is 12.2. The fraction of sp³-hybridized carbons (Fsp3) is 1.00. The Hall–Kier alpha value is -0.200. The predicted octanol–water partition coefficient (Wildman–Crippen LogP) is 2.98. The molecule has 0 aromatic heterocycles. The van der Waals surface area contributed by atoms with Crippen molar-refractivity contribution in [2.45, 2.75) is 114 Å². The van der Waals surface area contributed by atoms with Gasteiger partial charge in [-0.05, 0) is 125 Å². The summed E-state index contributed by atoms with van der Waals surface area (Å²) < 4.78 is 0. The second-order valence-corrected chi connectivity index (χ2v) is 13.3. The van der Waals surface area contributed by atoms with Crippen molar-refractivity contribution in [2.75, 3.05) is 26.2 Å². The standard InChI is InChI=1S/C27H47N3O2/c1-25-9-8-19-18(20(25)15-21(24(25)32)29-11-3-4-12-29)7-10-27(28)17-23(31)22(16-26(19,27)2)30-13-5-6-14-30/h18-24,31-32H,3-17,28H2,1-2H3/t18?,19?,20?,21-,22-,23-,24-,25-,26+,27+/m0/s1. The number of nitrogens with two attached hydrogens (primary N) is 1. The molecule has 0 spiro atoms. The number of fused-ring (bicyclic) bond motifs is 5. The van der Waals surface area contributed by atoms with Crippen LogP contribution in [0.2, 0.25) is 0 Å². The highest BCUT2D eigenvalue weighted by Crippen LogP contribution is 2.67. The van der Waals surface area contributed by atoms with Crippen molar-refractivity contribution >= 4 is 0 Å². The van der Waals surface area contributed by atoms with Gasteiger partial charge >= 0.3 is 0 Å². The van der Waals surface area contributed by atoms with Crippen LogP contribution in [0.5, 0.6) is 0 Å². The molecule has 0 bridgehead atoms. The van der Waals surface area contributed by atoms with Gasteiger partial charge in [0.15, 0.2) is 0 Å². The van der Waals surface area contributed by atoms with E-state index >= 15 is 0 Å². The summed E-state index contributed by atoms with van der Waals surface area (Å²) in [6.45, 7) is 9.57. The zero-order valence-electron chi connectivity index (χ0n) is 20.5. The Morgan fingerprint density at radius 1 is 0.781 bits per heavy atom. The van der Waals surface area contributed by atoms with Crippen LogP contribution in [-0.2, 0) is 0 Å². The van der Waals surface area contributed by atoms with E-state index in [1.54, 1.807) is 0 Å². The smallest absolute Gasteiger partial charge is 0.0751 e. The minimum Gasteiger partial charge on any atom is -0.391 e. The van der Waals surface area contributed by atoms with Crippen molar-refractivity contribution in [3.8, 4) is 0 Å². The quantitative estimate of drug-likeness (QED) is 0.609. The summed E-state index contributed by atoms with van der Waals surface area (Å²) in [6.07, 6.45) is 12.3. The maximum Gasteiger partial charge on any atom is 0.0751 e. The second-order valence-electron chi connectivity index (χ2n) is 13.3. The number of nitrogens with zero attached hydrogens (tertiary/aromatic N) is 2. The number of aliphatic hydroxyl groups excluding tert-OH is 2. The summed E-state index contributed by atoms with van der Waals surface area (Å²) in [7, 11) is 0.